The Kier molecular flexibility index (Phi) is 9.33. The highest BCUT2D eigenvalue weighted by Gasteiger charge is 2.14. The fourth-order valence-electron chi connectivity index (χ4n) is 2.60. The Morgan fingerprint density at radius 3 is 2.38 bits per heavy atom. The standard InChI is InChI=1S/C21H24BrN3O4/c1-29-21(28)11-12-25(14-16-7-3-2-4-8-16)15-20(27)23-13-19(26)24-18-10-6-5-9-17(18)22/h2-10H,11-15H2,1H3,(H,23,27)(H,24,26). The van der Waals surface area contributed by atoms with Gasteiger partial charge in [0, 0.05) is 17.6 Å². The van der Waals surface area contributed by atoms with Crippen LogP contribution in [0.3, 0.4) is 0 Å². The van der Waals surface area contributed by atoms with Crippen molar-refractivity contribution in [2.75, 3.05) is 32.1 Å². The topological polar surface area (TPSA) is 87.7 Å². The summed E-state index contributed by atoms with van der Waals surface area (Å²) < 4.78 is 5.44. The average molecular weight is 462 g/mol. The first-order valence-corrected chi connectivity index (χ1v) is 9.91. The molecule has 8 heteroatoms. The number of rotatable bonds is 10. The number of nitrogens with zero attached hydrogens (tertiary/aromatic N) is 1. The minimum Gasteiger partial charge on any atom is -0.469 e. The molecule has 0 fully saturated rings. The first kappa shape index (κ1) is 22.6. The molecule has 0 atom stereocenters. The van der Waals surface area contributed by atoms with E-state index >= 15 is 0 Å². The van der Waals surface area contributed by atoms with Crippen molar-refractivity contribution in [3.8, 4) is 0 Å². The number of anilines is 1. The van der Waals surface area contributed by atoms with Gasteiger partial charge in [0.2, 0.25) is 11.8 Å². The largest absolute Gasteiger partial charge is 0.469 e. The van der Waals surface area contributed by atoms with Crippen LogP contribution in [0.15, 0.2) is 59.1 Å². The minimum absolute atomic E-state index is 0.0637. The Balaban J connectivity index is 1.86. The van der Waals surface area contributed by atoms with E-state index in [0.717, 1.165) is 10.0 Å². The van der Waals surface area contributed by atoms with Gasteiger partial charge >= 0.3 is 5.97 Å². The molecule has 0 aromatic heterocycles. The SMILES string of the molecule is COC(=O)CCN(CC(=O)NCC(=O)Nc1ccccc1Br)Cc1ccccc1. The van der Waals surface area contributed by atoms with E-state index in [2.05, 4.69) is 31.3 Å². The molecular weight excluding hydrogens is 438 g/mol. The highest BCUT2D eigenvalue weighted by molar-refractivity contribution is 9.10. The molecule has 2 aromatic carbocycles. The zero-order valence-electron chi connectivity index (χ0n) is 16.2. The van der Waals surface area contributed by atoms with Crippen LogP contribution in [0.25, 0.3) is 0 Å². The second-order valence-corrected chi connectivity index (χ2v) is 7.18. The molecule has 0 saturated carbocycles. The number of hydrogen-bond donors (Lipinski definition) is 2. The molecule has 0 bridgehead atoms. The van der Waals surface area contributed by atoms with Crippen LogP contribution in [0, 0.1) is 0 Å². The molecule has 154 valence electrons. The zero-order chi connectivity index (χ0) is 21.1. The predicted octanol–water partition coefficient (Wildman–Crippen LogP) is 2.57. The van der Waals surface area contributed by atoms with Gasteiger partial charge in [-0.05, 0) is 33.6 Å². The number of halogens is 1. The van der Waals surface area contributed by atoms with Crippen LogP contribution in [-0.4, -0.2) is 49.4 Å². The molecule has 2 amide bonds. The molecule has 0 spiro atoms. The highest BCUT2D eigenvalue weighted by atomic mass is 79.9. The number of esters is 1. The summed E-state index contributed by atoms with van der Waals surface area (Å²) in [7, 11) is 1.33. The molecule has 29 heavy (non-hydrogen) atoms. The van der Waals surface area contributed by atoms with E-state index in [1.54, 1.807) is 6.07 Å². The number of ether oxygens (including phenoxy) is 1. The number of carbonyl (C=O) groups excluding carboxylic acids is 3. The van der Waals surface area contributed by atoms with E-state index in [9.17, 15) is 14.4 Å². The highest BCUT2D eigenvalue weighted by Crippen LogP contribution is 2.20. The second kappa shape index (κ2) is 12.0. The van der Waals surface area contributed by atoms with Gasteiger partial charge in [0.15, 0.2) is 0 Å². The lowest BCUT2D eigenvalue weighted by Crippen LogP contribution is -2.41. The van der Waals surface area contributed by atoms with Crippen molar-refractivity contribution in [2.24, 2.45) is 0 Å². The van der Waals surface area contributed by atoms with E-state index in [0.29, 0.717) is 18.8 Å². The van der Waals surface area contributed by atoms with E-state index in [1.165, 1.54) is 7.11 Å². The van der Waals surface area contributed by atoms with E-state index in [-0.39, 0.29) is 37.3 Å². The first-order valence-electron chi connectivity index (χ1n) is 9.12. The number of para-hydroxylation sites is 1. The molecule has 2 rings (SSSR count). The van der Waals surface area contributed by atoms with Gasteiger partial charge < -0.3 is 15.4 Å². The fourth-order valence-corrected chi connectivity index (χ4v) is 2.99. The average Bonchev–Trinajstić information content (AvgIpc) is 2.72. The molecule has 0 unspecified atom stereocenters. The van der Waals surface area contributed by atoms with Crippen molar-refractivity contribution in [2.45, 2.75) is 13.0 Å². The molecule has 0 aliphatic rings. The van der Waals surface area contributed by atoms with Crippen LogP contribution in [-0.2, 0) is 25.7 Å². The second-order valence-electron chi connectivity index (χ2n) is 6.33. The summed E-state index contributed by atoms with van der Waals surface area (Å²) in [6.07, 6.45) is 0.180. The molecule has 0 radical (unpaired) electrons. The number of amides is 2. The van der Waals surface area contributed by atoms with Crippen LogP contribution < -0.4 is 10.6 Å². The molecule has 0 aliphatic heterocycles. The van der Waals surface area contributed by atoms with Gasteiger partial charge in [0.1, 0.15) is 0 Å². The van der Waals surface area contributed by atoms with Crippen molar-refractivity contribution < 1.29 is 19.1 Å². The summed E-state index contributed by atoms with van der Waals surface area (Å²) >= 11 is 3.36. The zero-order valence-corrected chi connectivity index (χ0v) is 17.8. The quantitative estimate of drug-likeness (QED) is 0.530. The third kappa shape index (κ3) is 8.45. The molecule has 0 saturated heterocycles. The summed E-state index contributed by atoms with van der Waals surface area (Å²) in [6.45, 7) is 0.803. The van der Waals surface area contributed by atoms with Gasteiger partial charge in [-0.25, -0.2) is 0 Å². The Hall–Kier alpha value is -2.71. The van der Waals surface area contributed by atoms with Gasteiger partial charge in [-0.3, -0.25) is 19.3 Å². The van der Waals surface area contributed by atoms with Gasteiger partial charge in [-0.1, -0.05) is 42.5 Å². The first-order chi connectivity index (χ1) is 14.0. The minimum atomic E-state index is -0.337. The van der Waals surface area contributed by atoms with Crippen LogP contribution in [0.5, 0.6) is 0 Å². The van der Waals surface area contributed by atoms with Crippen molar-refractivity contribution >= 4 is 39.4 Å². The van der Waals surface area contributed by atoms with Gasteiger partial charge in [0.05, 0.1) is 32.3 Å². The number of methoxy groups -OCH3 is 1. The van der Waals surface area contributed by atoms with Crippen LogP contribution in [0.2, 0.25) is 0 Å². The number of carbonyl (C=O) groups is 3. The Labute approximate surface area is 178 Å². The van der Waals surface area contributed by atoms with Crippen LogP contribution in [0.1, 0.15) is 12.0 Å². The normalized spacial score (nSPS) is 10.4. The molecule has 2 aromatic rings. The summed E-state index contributed by atoms with van der Waals surface area (Å²) in [6, 6.07) is 16.9. The fraction of sp³-hybridized carbons (Fsp3) is 0.286. The lowest BCUT2D eigenvalue weighted by molar-refractivity contribution is -0.141. The van der Waals surface area contributed by atoms with Gasteiger partial charge in [-0.2, -0.15) is 0 Å². The summed E-state index contributed by atoms with van der Waals surface area (Å²) in [5, 5.41) is 5.35. The predicted molar refractivity (Wildman–Crippen MR) is 114 cm³/mol. The summed E-state index contributed by atoms with van der Waals surface area (Å²) in [5.41, 5.74) is 1.66. The maximum Gasteiger partial charge on any atom is 0.306 e. The molecule has 2 N–H and O–H groups in total. The Bertz CT molecular complexity index is 830. The Morgan fingerprint density at radius 1 is 1.00 bits per heavy atom. The number of hydrogen-bond acceptors (Lipinski definition) is 5. The summed E-state index contributed by atoms with van der Waals surface area (Å²) in [5.74, 6) is -0.959. The van der Waals surface area contributed by atoms with Crippen molar-refractivity contribution in [3.63, 3.8) is 0 Å². The van der Waals surface area contributed by atoms with Gasteiger partial charge in [-0.15, -0.1) is 0 Å². The number of benzene rings is 2. The van der Waals surface area contributed by atoms with E-state index in [1.807, 2.05) is 53.4 Å². The monoisotopic (exact) mass is 461 g/mol. The van der Waals surface area contributed by atoms with Crippen molar-refractivity contribution in [1.82, 2.24) is 10.2 Å². The molecule has 0 aliphatic carbocycles. The van der Waals surface area contributed by atoms with Crippen molar-refractivity contribution in [3.05, 3.63) is 64.6 Å². The summed E-state index contributed by atoms with van der Waals surface area (Å²) in [4.78, 5) is 37.7. The van der Waals surface area contributed by atoms with Crippen LogP contribution >= 0.6 is 15.9 Å². The third-order valence-electron chi connectivity index (χ3n) is 4.07. The lowest BCUT2D eigenvalue weighted by Gasteiger charge is -2.21. The maximum atomic E-state index is 12.3. The lowest BCUT2D eigenvalue weighted by atomic mass is 10.2. The van der Waals surface area contributed by atoms with Crippen molar-refractivity contribution in [1.29, 1.82) is 0 Å². The Morgan fingerprint density at radius 2 is 1.69 bits per heavy atom. The maximum absolute atomic E-state index is 12.3. The molecule has 7 nitrogen and oxygen atoms in total. The smallest absolute Gasteiger partial charge is 0.306 e. The van der Waals surface area contributed by atoms with E-state index < -0.39 is 0 Å². The number of nitrogens with one attached hydrogen (secondary N) is 2. The van der Waals surface area contributed by atoms with Gasteiger partial charge in [0.25, 0.3) is 0 Å². The molecular formula is C21H24BrN3O4. The molecule has 0 heterocycles. The van der Waals surface area contributed by atoms with E-state index in [4.69, 9.17) is 0 Å². The van der Waals surface area contributed by atoms with Crippen LogP contribution in [0.4, 0.5) is 5.69 Å². The third-order valence-corrected chi connectivity index (χ3v) is 4.76.